The summed E-state index contributed by atoms with van der Waals surface area (Å²) in [5.74, 6) is 1.16. The number of nitrogens with zero attached hydrogens (tertiary/aromatic N) is 3. The van der Waals surface area contributed by atoms with Crippen LogP contribution in [0.2, 0.25) is 0 Å². The number of rotatable bonds is 11. The van der Waals surface area contributed by atoms with E-state index in [-0.39, 0.29) is 0 Å². The second-order valence-corrected chi connectivity index (χ2v) is 10.1. The molecule has 30 heavy (non-hydrogen) atoms. The summed E-state index contributed by atoms with van der Waals surface area (Å²) >= 11 is 1.42. The molecule has 0 amide bonds. The van der Waals surface area contributed by atoms with Crippen molar-refractivity contribution in [3.8, 4) is 0 Å². The lowest BCUT2D eigenvalue weighted by Crippen LogP contribution is -2.32. The lowest BCUT2D eigenvalue weighted by molar-refractivity contribution is 0.410. The van der Waals surface area contributed by atoms with E-state index in [0.717, 1.165) is 31.2 Å². The molecule has 0 atom stereocenters. The van der Waals surface area contributed by atoms with Crippen LogP contribution < -0.4 is 0 Å². The van der Waals surface area contributed by atoms with Crippen LogP contribution in [-0.2, 0) is 22.2 Å². The largest absolute Gasteiger partial charge is 0.416 e. The molecule has 3 rings (SSSR count). The third-order valence-electron chi connectivity index (χ3n) is 4.72. The molecule has 0 N–H and O–H groups in total. The summed E-state index contributed by atoms with van der Waals surface area (Å²) in [6.45, 7) is 5.05. The highest BCUT2D eigenvalue weighted by molar-refractivity contribution is 7.98. The van der Waals surface area contributed by atoms with E-state index in [1.54, 1.807) is 22.5 Å². The first kappa shape index (κ1) is 22.8. The minimum Gasteiger partial charge on any atom is -0.416 e. The number of hydrogen-bond donors (Lipinski definition) is 0. The zero-order chi connectivity index (χ0) is 21.4. The molecule has 0 saturated heterocycles. The van der Waals surface area contributed by atoms with Gasteiger partial charge in [0, 0.05) is 18.8 Å². The molecule has 8 heteroatoms. The average molecular weight is 448 g/mol. The van der Waals surface area contributed by atoms with E-state index in [0.29, 0.717) is 41.3 Å². The number of hydrogen-bond acceptors (Lipinski definition) is 6. The average Bonchev–Trinajstić information content (AvgIpc) is 3.20. The Morgan fingerprint density at radius 1 is 1.13 bits per heavy atom. The smallest absolute Gasteiger partial charge is 0.276 e. The predicted molar refractivity (Wildman–Crippen MR) is 120 cm³/mol. The number of benzene rings is 1. The van der Waals surface area contributed by atoms with E-state index in [4.69, 9.17) is 4.42 Å². The van der Waals surface area contributed by atoms with Gasteiger partial charge in [-0.25, -0.2) is 8.42 Å². The van der Waals surface area contributed by atoms with Crippen molar-refractivity contribution in [1.29, 1.82) is 0 Å². The fourth-order valence-electron chi connectivity index (χ4n) is 3.28. The molecule has 1 heterocycles. The lowest BCUT2D eigenvalue weighted by atomic mass is 10.0. The highest BCUT2D eigenvalue weighted by Gasteiger charge is 2.23. The van der Waals surface area contributed by atoms with Gasteiger partial charge in [0.25, 0.3) is 5.22 Å². The van der Waals surface area contributed by atoms with Crippen LogP contribution in [0, 0.1) is 0 Å². The first-order chi connectivity index (χ1) is 14.5. The Morgan fingerprint density at radius 2 is 1.93 bits per heavy atom. The lowest BCUT2D eigenvalue weighted by Gasteiger charge is -2.21. The molecule has 1 aliphatic carbocycles. The topological polar surface area (TPSA) is 76.3 Å². The van der Waals surface area contributed by atoms with Crippen molar-refractivity contribution in [3.63, 3.8) is 0 Å². The van der Waals surface area contributed by atoms with Crippen molar-refractivity contribution in [1.82, 2.24) is 14.5 Å². The quantitative estimate of drug-likeness (QED) is 0.452. The van der Waals surface area contributed by atoms with Gasteiger partial charge in [0.1, 0.15) is 0 Å². The SMILES string of the molecule is CCCN(CCC)S(=O)(=O)c1cccc(CSc2nnc(CC3=CCCC=C3)o2)c1. The summed E-state index contributed by atoms with van der Waals surface area (Å²) in [7, 11) is -3.48. The molecular formula is C22H29N3O3S2. The molecule has 1 aliphatic rings. The maximum Gasteiger partial charge on any atom is 0.276 e. The van der Waals surface area contributed by atoms with E-state index in [2.05, 4.69) is 28.4 Å². The summed E-state index contributed by atoms with van der Waals surface area (Å²) in [6, 6.07) is 7.12. The van der Waals surface area contributed by atoms with Gasteiger partial charge in [-0.15, -0.1) is 10.2 Å². The van der Waals surface area contributed by atoms with Crippen LogP contribution in [0.15, 0.2) is 62.6 Å². The van der Waals surface area contributed by atoms with Gasteiger partial charge in [0.15, 0.2) is 0 Å². The predicted octanol–water partition coefficient (Wildman–Crippen LogP) is 4.99. The van der Waals surface area contributed by atoms with Crippen molar-refractivity contribution in [3.05, 3.63) is 59.5 Å². The van der Waals surface area contributed by atoms with Crippen LogP contribution in [-0.4, -0.2) is 36.0 Å². The minimum absolute atomic E-state index is 0.338. The Bertz CT molecular complexity index is 991. The van der Waals surface area contributed by atoms with Gasteiger partial charge in [0.05, 0.1) is 11.3 Å². The Labute approximate surface area is 183 Å². The molecule has 6 nitrogen and oxygen atoms in total. The Kier molecular flexibility index (Phi) is 8.30. The van der Waals surface area contributed by atoms with Gasteiger partial charge in [0.2, 0.25) is 15.9 Å². The maximum atomic E-state index is 13.0. The zero-order valence-corrected chi connectivity index (χ0v) is 19.2. The van der Waals surface area contributed by atoms with Crippen LogP contribution >= 0.6 is 11.8 Å². The van der Waals surface area contributed by atoms with Crippen molar-refractivity contribution >= 4 is 21.8 Å². The van der Waals surface area contributed by atoms with E-state index >= 15 is 0 Å². The highest BCUT2D eigenvalue weighted by Crippen LogP contribution is 2.25. The second-order valence-electron chi connectivity index (χ2n) is 7.24. The van der Waals surface area contributed by atoms with E-state index < -0.39 is 10.0 Å². The van der Waals surface area contributed by atoms with Crippen LogP contribution in [0.25, 0.3) is 0 Å². The standard InChI is InChI=1S/C22H29N3O3S2/c1-3-13-25(14-4-2)30(26,27)20-12-8-11-19(15-20)17-29-22-24-23-21(28-22)16-18-9-6-5-7-10-18/h6,8-12,15H,3-5,7,13-14,16-17H2,1-2H3. The molecule has 0 bridgehead atoms. The third-order valence-corrected chi connectivity index (χ3v) is 7.50. The normalized spacial score (nSPS) is 14.3. The van der Waals surface area contributed by atoms with Gasteiger partial charge in [-0.05, 0) is 49.0 Å². The molecule has 162 valence electrons. The number of thioether (sulfide) groups is 1. The number of allylic oxidation sites excluding steroid dienone is 4. The summed E-state index contributed by atoms with van der Waals surface area (Å²) in [4.78, 5) is 0.338. The van der Waals surface area contributed by atoms with Gasteiger partial charge in [-0.1, -0.05) is 56.0 Å². The Balaban J connectivity index is 1.64. The van der Waals surface area contributed by atoms with E-state index in [1.807, 2.05) is 19.9 Å². The van der Waals surface area contributed by atoms with E-state index in [1.165, 1.54) is 17.3 Å². The maximum absolute atomic E-state index is 13.0. The summed E-state index contributed by atoms with van der Waals surface area (Å²) in [5, 5.41) is 8.74. The number of sulfonamides is 1. The minimum atomic E-state index is -3.48. The first-order valence-corrected chi connectivity index (χ1v) is 12.8. The van der Waals surface area contributed by atoms with Crippen molar-refractivity contribution in [2.75, 3.05) is 13.1 Å². The van der Waals surface area contributed by atoms with Gasteiger partial charge >= 0.3 is 0 Å². The third kappa shape index (κ3) is 6.06. The molecule has 0 unspecified atom stereocenters. The first-order valence-electron chi connectivity index (χ1n) is 10.4. The molecule has 0 spiro atoms. The second kappa shape index (κ2) is 10.9. The van der Waals surface area contributed by atoms with Crippen molar-refractivity contribution in [2.24, 2.45) is 0 Å². The molecule has 0 fully saturated rings. The van der Waals surface area contributed by atoms with Gasteiger partial charge < -0.3 is 4.42 Å². The monoisotopic (exact) mass is 447 g/mol. The Morgan fingerprint density at radius 3 is 2.63 bits per heavy atom. The van der Waals surface area contributed by atoms with Gasteiger partial charge in [-0.3, -0.25) is 0 Å². The van der Waals surface area contributed by atoms with Crippen LogP contribution in [0.5, 0.6) is 0 Å². The molecule has 0 saturated carbocycles. The van der Waals surface area contributed by atoms with E-state index in [9.17, 15) is 8.42 Å². The number of aromatic nitrogens is 2. The summed E-state index contributed by atoms with van der Waals surface area (Å²) in [6.07, 6.45) is 10.8. The van der Waals surface area contributed by atoms with Gasteiger partial charge in [-0.2, -0.15) is 4.31 Å². The molecule has 1 aromatic heterocycles. The zero-order valence-electron chi connectivity index (χ0n) is 17.6. The summed E-state index contributed by atoms with van der Waals surface area (Å²) in [5.41, 5.74) is 2.11. The van der Waals surface area contributed by atoms with Crippen molar-refractivity contribution in [2.45, 2.75) is 61.8 Å². The fourth-order valence-corrected chi connectivity index (χ4v) is 5.70. The van der Waals surface area contributed by atoms with Crippen LogP contribution in [0.4, 0.5) is 0 Å². The van der Waals surface area contributed by atoms with Crippen molar-refractivity contribution < 1.29 is 12.8 Å². The molecule has 0 aliphatic heterocycles. The Hall–Kier alpha value is -1.90. The molecule has 2 aromatic rings. The summed E-state index contributed by atoms with van der Waals surface area (Å²) < 4.78 is 33.3. The van der Waals surface area contributed by atoms with Crippen LogP contribution in [0.1, 0.15) is 51.0 Å². The molecular weight excluding hydrogens is 418 g/mol. The fraction of sp³-hybridized carbons (Fsp3) is 0.455. The molecule has 1 aromatic carbocycles. The van der Waals surface area contributed by atoms with Crippen LogP contribution in [0.3, 0.4) is 0 Å². The highest BCUT2D eigenvalue weighted by atomic mass is 32.2. The molecule has 0 radical (unpaired) electrons.